The molecule has 0 bridgehead atoms. The molecule has 1 rings (SSSR count). The molecule has 0 heterocycles. The summed E-state index contributed by atoms with van der Waals surface area (Å²) in [6.45, 7) is 0.0616. The molecule has 104 valence electrons. The Morgan fingerprint density at radius 2 is 2.16 bits per heavy atom. The maximum absolute atomic E-state index is 11.9. The van der Waals surface area contributed by atoms with E-state index in [1.165, 1.54) is 11.8 Å². The van der Waals surface area contributed by atoms with Crippen LogP contribution in [0.25, 0.3) is 0 Å². The van der Waals surface area contributed by atoms with Crippen LogP contribution in [0.15, 0.2) is 23.1 Å². The fraction of sp³-hybridized carbons (Fsp3) is 0.333. The first kappa shape index (κ1) is 15.8. The van der Waals surface area contributed by atoms with E-state index in [2.05, 4.69) is 5.32 Å². The number of hydrogen-bond donors (Lipinski definition) is 3. The lowest BCUT2D eigenvalue weighted by Crippen LogP contribution is -2.30. The number of hydrogen-bond acceptors (Lipinski definition) is 4. The summed E-state index contributed by atoms with van der Waals surface area (Å²) in [4.78, 5) is 23.2. The van der Waals surface area contributed by atoms with Crippen LogP contribution >= 0.6 is 23.4 Å². The summed E-state index contributed by atoms with van der Waals surface area (Å²) in [5.74, 6) is -1.70. The number of aliphatic carboxylic acids is 1. The maximum Gasteiger partial charge on any atom is 0.332 e. The van der Waals surface area contributed by atoms with Gasteiger partial charge < -0.3 is 15.5 Å². The summed E-state index contributed by atoms with van der Waals surface area (Å²) in [6, 6.07) is 5.10. The van der Waals surface area contributed by atoms with Crippen LogP contribution in [0.5, 0.6) is 0 Å². The fourth-order valence-corrected chi connectivity index (χ4v) is 1.99. The number of rotatable bonds is 6. The molecule has 7 heteroatoms. The molecule has 0 aliphatic heterocycles. The number of thioether (sulfide) groups is 1. The van der Waals surface area contributed by atoms with Crippen molar-refractivity contribution in [3.05, 3.63) is 28.8 Å². The molecule has 0 aliphatic carbocycles. The molecule has 0 radical (unpaired) electrons. The van der Waals surface area contributed by atoms with Crippen molar-refractivity contribution in [1.82, 2.24) is 5.32 Å². The summed E-state index contributed by atoms with van der Waals surface area (Å²) < 4.78 is 0. The molecule has 0 fully saturated rings. The molecule has 1 aromatic rings. The van der Waals surface area contributed by atoms with Crippen LogP contribution in [0.1, 0.15) is 16.8 Å². The largest absolute Gasteiger partial charge is 0.479 e. The van der Waals surface area contributed by atoms with Crippen molar-refractivity contribution in [3.63, 3.8) is 0 Å². The van der Waals surface area contributed by atoms with Crippen LogP contribution in [0.3, 0.4) is 0 Å². The number of aliphatic hydroxyl groups is 1. The van der Waals surface area contributed by atoms with E-state index >= 15 is 0 Å². The first-order valence-corrected chi connectivity index (χ1v) is 7.08. The zero-order chi connectivity index (χ0) is 14.4. The highest BCUT2D eigenvalue weighted by atomic mass is 35.5. The molecule has 0 saturated carbocycles. The molecule has 0 aromatic heterocycles. The molecule has 0 spiro atoms. The van der Waals surface area contributed by atoms with E-state index in [0.717, 1.165) is 4.90 Å². The van der Waals surface area contributed by atoms with E-state index < -0.39 is 18.0 Å². The number of aliphatic hydroxyl groups excluding tert-OH is 1. The topological polar surface area (TPSA) is 86.6 Å². The van der Waals surface area contributed by atoms with Crippen molar-refractivity contribution < 1.29 is 19.8 Å². The van der Waals surface area contributed by atoms with Gasteiger partial charge in [0.1, 0.15) is 0 Å². The van der Waals surface area contributed by atoms with Crippen molar-refractivity contribution in [2.75, 3.05) is 12.8 Å². The summed E-state index contributed by atoms with van der Waals surface area (Å²) in [7, 11) is 0. The third-order valence-electron chi connectivity index (χ3n) is 2.41. The highest BCUT2D eigenvalue weighted by Crippen LogP contribution is 2.22. The first-order chi connectivity index (χ1) is 8.95. The molecular formula is C12H14ClNO4S. The average Bonchev–Trinajstić information content (AvgIpc) is 2.38. The summed E-state index contributed by atoms with van der Waals surface area (Å²) in [6.07, 6.45) is 0.350. The number of benzene rings is 1. The third-order valence-corrected chi connectivity index (χ3v) is 3.46. The second-order valence-electron chi connectivity index (χ2n) is 3.74. The molecule has 19 heavy (non-hydrogen) atoms. The van der Waals surface area contributed by atoms with Crippen molar-refractivity contribution in [2.45, 2.75) is 17.4 Å². The molecule has 1 atom stereocenters. The number of halogens is 1. The smallest absolute Gasteiger partial charge is 0.332 e. The van der Waals surface area contributed by atoms with Gasteiger partial charge in [0.2, 0.25) is 0 Å². The predicted molar refractivity (Wildman–Crippen MR) is 73.8 cm³/mol. The Bertz CT molecular complexity index is 481. The van der Waals surface area contributed by atoms with Crippen LogP contribution in [0.2, 0.25) is 5.02 Å². The van der Waals surface area contributed by atoms with Crippen LogP contribution in [-0.2, 0) is 4.79 Å². The third kappa shape index (κ3) is 4.74. The molecule has 1 aromatic carbocycles. The Kier molecular flexibility index (Phi) is 6.14. The van der Waals surface area contributed by atoms with E-state index in [1.54, 1.807) is 18.2 Å². The Labute approximate surface area is 120 Å². The number of nitrogens with one attached hydrogen (secondary N) is 1. The molecule has 5 nitrogen and oxygen atoms in total. The van der Waals surface area contributed by atoms with Gasteiger partial charge in [0, 0.05) is 17.9 Å². The number of carboxylic acids is 1. The van der Waals surface area contributed by atoms with Crippen LogP contribution in [0, 0.1) is 0 Å². The van der Waals surface area contributed by atoms with Crippen molar-refractivity contribution >= 4 is 35.2 Å². The molecule has 0 unspecified atom stereocenters. The van der Waals surface area contributed by atoms with Crippen LogP contribution in [-0.4, -0.2) is 41.0 Å². The summed E-state index contributed by atoms with van der Waals surface area (Å²) in [5, 5.41) is 20.4. The number of carbonyl (C=O) groups excluding carboxylic acids is 1. The Balaban J connectivity index is 2.61. The van der Waals surface area contributed by atoms with E-state index in [-0.39, 0.29) is 13.0 Å². The predicted octanol–water partition coefficient (Wildman–Crippen LogP) is 1.63. The van der Waals surface area contributed by atoms with Crippen molar-refractivity contribution in [1.29, 1.82) is 0 Å². The normalized spacial score (nSPS) is 11.9. The zero-order valence-electron chi connectivity index (χ0n) is 10.2. The van der Waals surface area contributed by atoms with Gasteiger partial charge in [0.05, 0.1) is 10.6 Å². The SMILES string of the molecule is CSc1ccc(Cl)c(C(=O)NCC[C@H](O)C(=O)O)c1. The highest BCUT2D eigenvalue weighted by Gasteiger charge is 2.15. The van der Waals surface area contributed by atoms with Crippen molar-refractivity contribution in [2.24, 2.45) is 0 Å². The summed E-state index contributed by atoms with van der Waals surface area (Å²) in [5.41, 5.74) is 0.332. The first-order valence-electron chi connectivity index (χ1n) is 5.48. The minimum Gasteiger partial charge on any atom is -0.479 e. The Morgan fingerprint density at radius 3 is 2.74 bits per heavy atom. The van der Waals surface area contributed by atoms with Gasteiger partial charge >= 0.3 is 5.97 Å². The van der Waals surface area contributed by atoms with E-state index in [9.17, 15) is 9.59 Å². The van der Waals surface area contributed by atoms with E-state index in [4.69, 9.17) is 21.8 Å². The number of carbonyl (C=O) groups is 2. The quantitative estimate of drug-likeness (QED) is 0.695. The lowest BCUT2D eigenvalue weighted by atomic mass is 10.2. The Hall–Kier alpha value is -1.24. The average molecular weight is 304 g/mol. The van der Waals surface area contributed by atoms with Gasteiger partial charge in [0.25, 0.3) is 5.91 Å². The van der Waals surface area contributed by atoms with Gasteiger partial charge in [-0.25, -0.2) is 4.79 Å². The second-order valence-corrected chi connectivity index (χ2v) is 5.03. The van der Waals surface area contributed by atoms with Gasteiger partial charge in [-0.1, -0.05) is 11.6 Å². The maximum atomic E-state index is 11.9. The molecule has 0 saturated heterocycles. The lowest BCUT2D eigenvalue weighted by Gasteiger charge is -2.09. The molecular weight excluding hydrogens is 290 g/mol. The van der Waals surface area contributed by atoms with Gasteiger partial charge in [-0.2, -0.15) is 0 Å². The monoisotopic (exact) mass is 303 g/mol. The van der Waals surface area contributed by atoms with Gasteiger partial charge in [-0.15, -0.1) is 11.8 Å². The minimum absolute atomic E-state index is 0.0547. The minimum atomic E-state index is -1.48. The van der Waals surface area contributed by atoms with Gasteiger partial charge in [0.15, 0.2) is 6.10 Å². The number of carboxylic acid groups (broad SMARTS) is 1. The van der Waals surface area contributed by atoms with Gasteiger partial charge in [-0.05, 0) is 24.5 Å². The molecule has 1 amide bonds. The fourth-order valence-electron chi connectivity index (χ4n) is 1.35. The Morgan fingerprint density at radius 1 is 1.47 bits per heavy atom. The van der Waals surface area contributed by atoms with E-state index in [1.807, 2.05) is 6.26 Å². The van der Waals surface area contributed by atoms with Gasteiger partial charge in [-0.3, -0.25) is 4.79 Å². The van der Waals surface area contributed by atoms with Crippen LogP contribution in [0.4, 0.5) is 0 Å². The summed E-state index contributed by atoms with van der Waals surface area (Å²) >= 11 is 7.41. The van der Waals surface area contributed by atoms with E-state index in [0.29, 0.717) is 10.6 Å². The second kappa shape index (κ2) is 7.37. The molecule has 0 aliphatic rings. The zero-order valence-corrected chi connectivity index (χ0v) is 11.8. The van der Waals surface area contributed by atoms with Crippen LogP contribution < -0.4 is 5.32 Å². The lowest BCUT2D eigenvalue weighted by molar-refractivity contribution is -0.146. The standard InChI is InChI=1S/C12H14ClNO4S/c1-19-7-2-3-9(13)8(6-7)11(16)14-5-4-10(15)12(17)18/h2-3,6,10,15H,4-5H2,1H3,(H,14,16)(H,17,18)/t10-/m0/s1. The van der Waals surface area contributed by atoms with Crippen molar-refractivity contribution in [3.8, 4) is 0 Å². The highest BCUT2D eigenvalue weighted by molar-refractivity contribution is 7.98. The number of amides is 1. The molecule has 3 N–H and O–H groups in total.